The number of benzene rings is 1. The van der Waals surface area contributed by atoms with Gasteiger partial charge in [-0.2, -0.15) is 0 Å². The third-order valence-corrected chi connectivity index (χ3v) is 1.85. The molecule has 69 valence electrons. The van der Waals surface area contributed by atoms with E-state index < -0.39 is 0 Å². The van der Waals surface area contributed by atoms with Gasteiger partial charge in [0.05, 0.1) is 0 Å². The van der Waals surface area contributed by atoms with Crippen LogP contribution in [0.4, 0.5) is 0 Å². The molecule has 0 unspecified atom stereocenters. The van der Waals surface area contributed by atoms with Crippen LogP contribution in [0.5, 0.6) is 0 Å². The van der Waals surface area contributed by atoms with Gasteiger partial charge in [-0.25, -0.2) is 0 Å². The van der Waals surface area contributed by atoms with Crippen molar-refractivity contribution in [1.29, 1.82) is 0 Å². The zero-order valence-electron chi connectivity index (χ0n) is 8.48. The Balaban J connectivity index is 2.71. The van der Waals surface area contributed by atoms with Crippen molar-refractivity contribution in [1.82, 2.24) is 0 Å². The molecule has 0 nitrogen and oxygen atoms in total. The van der Waals surface area contributed by atoms with Gasteiger partial charge in [0, 0.05) is 0 Å². The third kappa shape index (κ3) is 3.48. The summed E-state index contributed by atoms with van der Waals surface area (Å²) in [7, 11) is 2.10. The summed E-state index contributed by atoms with van der Waals surface area (Å²) < 4.78 is 0. The van der Waals surface area contributed by atoms with Crippen LogP contribution in [-0.2, 0) is 0 Å². The van der Waals surface area contributed by atoms with Gasteiger partial charge in [0.2, 0.25) is 0 Å². The molecule has 0 atom stereocenters. The minimum Gasteiger partial charge on any atom is -0.0996 e. The Labute approximate surface area is 86.9 Å². The molecule has 1 aromatic rings. The average Bonchev–Trinajstić information content (AvgIpc) is 2.25. The van der Waals surface area contributed by atoms with Crippen molar-refractivity contribution in [2.75, 3.05) is 0 Å². The Kier molecular flexibility index (Phi) is 4.56. The maximum absolute atomic E-state index is 3.78. The maximum Gasteiger partial charge on any atom is 0.191 e. The van der Waals surface area contributed by atoms with E-state index in [1.807, 2.05) is 49.4 Å². The van der Waals surface area contributed by atoms with Crippen LogP contribution in [0.15, 0.2) is 66.7 Å². The number of allylic oxidation sites excluding steroid dienone is 5. The molecular formula is C13H14B. The van der Waals surface area contributed by atoms with Crippen molar-refractivity contribution in [3.8, 4) is 0 Å². The summed E-state index contributed by atoms with van der Waals surface area (Å²) in [6.07, 6.45) is 7.91. The molecule has 1 aromatic carbocycles. The second-order valence-electron chi connectivity index (χ2n) is 2.95. The Morgan fingerprint density at radius 2 is 2.00 bits per heavy atom. The third-order valence-electron chi connectivity index (χ3n) is 1.85. The number of hydrogen-bond donors (Lipinski definition) is 0. The summed E-state index contributed by atoms with van der Waals surface area (Å²) >= 11 is 0. The van der Waals surface area contributed by atoms with Crippen LogP contribution in [0, 0.1) is 0 Å². The zero-order valence-corrected chi connectivity index (χ0v) is 8.48. The lowest BCUT2D eigenvalue weighted by atomic mass is 9.63. The predicted octanol–water partition coefficient (Wildman–Crippen LogP) is 2.66. The summed E-state index contributed by atoms with van der Waals surface area (Å²) in [5.74, 6) is 0. The minimum absolute atomic E-state index is 1.12. The first-order valence-electron chi connectivity index (χ1n) is 4.72. The summed E-state index contributed by atoms with van der Waals surface area (Å²) in [4.78, 5) is 0. The molecule has 0 bridgehead atoms. The highest BCUT2D eigenvalue weighted by Gasteiger charge is 1.96. The van der Waals surface area contributed by atoms with Gasteiger partial charge < -0.3 is 0 Å². The summed E-state index contributed by atoms with van der Waals surface area (Å²) in [6.45, 7) is 5.78. The second-order valence-corrected chi connectivity index (χ2v) is 2.95. The zero-order chi connectivity index (χ0) is 10.2. The molecule has 0 aromatic heterocycles. The summed E-state index contributed by atoms with van der Waals surface area (Å²) in [6, 6.07) is 10.2. The Bertz CT molecular complexity index is 334. The monoisotopic (exact) mass is 181 g/mol. The molecule has 1 heteroatoms. The van der Waals surface area contributed by atoms with Gasteiger partial charge in [0.25, 0.3) is 0 Å². The molecule has 0 aliphatic rings. The van der Waals surface area contributed by atoms with E-state index in [0.29, 0.717) is 0 Å². The first-order valence-corrected chi connectivity index (χ1v) is 4.72. The molecule has 0 fully saturated rings. The smallest absolute Gasteiger partial charge is 0.0996 e. The fourth-order valence-electron chi connectivity index (χ4n) is 1.12. The van der Waals surface area contributed by atoms with Gasteiger partial charge in [-0.05, 0) is 6.92 Å². The van der Waals surface area contributed by atoms with E-state index in [0.717, 1.165) is 5.47 Å². The molecule has 0 saturated heterocycles. The van der Waals surface area contributed by atoms with Gasteiger partial charge in [-0.15, -0.1) is 0 Å². The molecular weight excluding hydrogens is 167 g/mol. The minimum atomic E-state index is 1.12. The second kappa shape index (κ2) is 6.03. The van der Waals surface area contributed by atoms with Crippen LogP contribution in [0.1, 0.15) is 6.92 Å². The van der Waals surface area contributed by atoms with Gasteiger partial charge >= 0.3 is 0 Å². The highest BCUT2D eigenvalue weighted by molar-refractivity contribution is 6.61. The van der Waals surface area contributed by atoms with E-state index in [1.165, 1.54) is 5.46 Å². The quantitative estimate of drug-likeness (QED) is 0.494. The van der Waals surface area contributed by atoms with Crippen molar-refractivity contribution in [3.05, 3.63) is 66.7 Å². The fourth-order valence-corrected chi connectivity index (χ4v) is 1.12. The highest BCUT2D eigenvalue weighted by Crippen LogP contribution is 1.95. The fraction of sp³-hybridized carbons (Fsp3) is 0.0769. The normalized spacial score (nSPS) is 11.6. The van der Waals surface area contributed by atoms with E-state index in [9.17, 15) is 0 Å². The molecule has 0 N–H and O–H groups in total. The lowest BCUT2D eigenvalue weighted by Crippen LogP contribution is -2.14. The molecule has 0 amide bonds. The molecule has 0 aliphatic heterocycles. The Morgan fingerprint density at radius 1 is 1.29 bits per heavy atom. The van der Waals surface area contributed by atoms with Crippen molar-refractivity contribution < 1.29 is 0 Å². The van der Waals surface area contributed by atoms with Crippen LogP contribution < -0.4 is 5.46 Å². The van der Waals surface area contributed by atoms with Crippen LogP contribution in [-0.4, -0.2) is 7.28 Å². The van der Waals surface area contributed by atoms with E-state index in [2.05, 4.69) is 26.0 Å². The van der Waals surface area contributed by atoms with E-state index in [1.54, 1.807) is 0 Å². The molecule has 0 aliphatic carbocycles. The van der Waals surface area contributed by atoms with Gasteiger partial charge in [-0.3, -0.25) is 0 Å². The van der Waals surface area contributed by atoms with Crippen LogP contribution in [0.3, 0.4) is 0 Å². The number of hydrogen-bond acceptors (Lipinski definition) is 0. The largest absolute Gasteiger partial charge is 0.191 e. The van der Waals surface area contributed by atoms with E-state index in [-0.39, 0.29) is 0 Å². The average molecular weight is 181 g/mol. The standard InChI is InChI=1S/C13H14B/c1-3-5-9-12(4-2)14-13-10-7-6-8-11-13/h3-11H,2H2,1H3/b5-3-,12-9+. The molecule has 0 spiro atoms. The molecule has 1 radical (unpaired) electrons. The van der Waals surface area contributed by atoms with Crippen molar-refractivity contribution in [2.24, 2.45) is 0 Å². The van der Waals surface area contributed by atoms with Crippen LogP contribution >= 0.6 is 0 Å². The Hall–Kier alpha value is -1.50. The Morgan fingerprint density at radius 3 is 2.57 bits per heavy atom. The molecule has 0 saturated carbocycles. The van der Waals surface area contributed by atoms with E-state index in [4.69, 9.17) is 0 Å². The predicted molar refractivity (Wildman–Crippen MR) is 64.9 cm³/mol. The van der Waals surface area contributed by atoms with E-state index >= 15 is 0 Å². The van der Waals surface area contributed by atoms with Crippen molar-refractivity contribution in [3.63, 3.8) is 0 Å². The number of rotatable bonds is 4. The van der Waals surface area contributed by atoms with Crippen LogP contribution in [0.25, 0.3) is 0 Å². The maximum atomic E-state index is 3.78. The van der Waals surface area contributed by atoms with Gasteiger partial charge in [0.1, 0.15) is 0 Å². The lowest BCUT2D eigenvalue weighted by Gasteiger charge is -1.98. The lowest BCUT2D eigenvalue weighted by molar-refractivity contribution is 1.71. The molecule has 0 heterocycles. The SMILES string of the molecule is C=C/C([B]c1ccccc1)=C\C=C/C. The van der Waals surface area contributed by atoms with Gasteiger partial charge in [-0.1, -0.05) is 72.2 Å². The molecule has 14 heavy (non-hydrogen) atoms. The summed E-state index contributed by atoms with van der Waals surface area (Å²) in [5.41, 5.74) is 2.32. The highest BCUT2D eigenvalue weighted by atomic mass is 13.8. The first-order chi connectivity index (χ1) is 6.86. The van der Waals surface area contributed by atoms with Crippen LogP contribution in [0.2, 0.25) is 0 Å². The van der Waals surface area contributed by atoms with Crippen molar-refractivity contribution in [2.45, 2.75) is 6.92 Å². The van der Waals surface area contributed by atoms with Crippen molar-refractivity contribution >= 4 is 12.7 Å². The molecule has 1 rings (SSSR count). The topological polar surface area (TPSA) is 0 Å². The summed E-state index contributed by atoms with van der Waals surface area (Å²) in [5, 5.41) is 0. The first kappa shape index (κ1) is 10.6. The van der Waals surface area contributed by atoms with Gasteiger partial charge in [0.15, 0.2) is 7.28 Å².